The molecule has 1 aliphatic carbocycles. The van der Waals surface area contributed by atoms with Crippen LogP contribution in [0, 0.1) is 5.92 Å². The number of benzene rings is 1. The summed E-state index contributed by atoms with van der Waals surface area (Å²) in [5.41, 5.74) is 1.24. The van der Waals surface area contributed by atoms with E-state index < -0.39 is 0 Å². The summed E-state index contributed by atoms with van der Waals surface area (Å²) in [5, 5.41) is 7.35. The molecule has 1 aromatic heterocycles. The molecule has 1 heterocycles. The number of carbonyl (C=O) groups excluding carboxylic acids is 1. The van der Waals surface area contributed by atoms with Crippen LogP contribution in [0.1, 0.15) is 36.2 Å². The summed E-state index contributed by atoms with van der Waals surface area (Å²) in [6.45, 7) is 2.58. The van der Waals surface area contributed by atoms with Gasteiger partial charge in [-0.25, -0.2) is 0 Å². The summed E-state index contributed by atoms with van der Waals surface area (Å²) in [6, 6.07) is 15.1. The summed E-state index contributed by atoms with van der Waals surface area (Å²) in [4.78, 5) is 13.4. The topological polar surface area (TPSA) is 45.7 Å². The average molecular weight is 315 g/mol. The van der Waals surface area contributed by atoms with E-state index in [4.69, 9.17) is 0 Å². The Morgan fingerprint density at radius 2 is 2.05 bits per heavy atom. The van der Waals surface area contributed by atoms with Gasteiger partial charge in [0.05, 0.1) is 4.88 Å². The van der Waals surface area contributed by atoms with Gasteiger partial charge >= 0.3 is 0 Å². The zero-order valence-corrected chi connectivity index (χ0v) is 13.7. The minimum absolute atomic E-state index is 0.136. The van der Waals surface area contributed by atoms with Crippen LogP contribution in [-0.2, 0) is 4.79 Å². The lowest BCUT2D eigenvalue weighted by atomic mass is 10.1. The molecule has 116 valence electrons. The highest BCUT2D eigenvalue weighted by Crippen LogP contribution is 2.32. The molecule has 2 atom stereocenters. The highest BCUT2D eigenvalue weighted by atomic mass is 32.1. The fourth-order valence-electron chi connectivity index (χ4n) is 2.80. The maximum absolute atomic E-state index is 12.2. The minimum atomic E-state index is 0.136. The average Bonchev–Trinajstić information content (AvgIpc) is 3.25. The Hall–Kier alpha value is -1.65. The van der Waals surface area contributed by atoms with Gasteiger partial charge in [0.1, 0.15) is 6.04 Å². The van der Waals surface area contributed by atoms with E-state index in [1.807, 2.05) is 6.07 Å². The van der Waals surface area contributed by atoms with E-state index in [9.17, 15) is 4.79 Å². The van der Waals surface area contributed by atoms with E-state index in [-0.39, 0.29) is 11.9 Å². The van der Waals surface area contributed by atoms with Gasteiger partial charge in [0.25, 0.3) is 5.91 Å². The first kappa shape index (κ1) is 15.3. The zero-order chi connectivity index (χ0) is 15.4. The third-order valence-electron chi connectivity index (χ3n) is 4.27. The predicted molar refractivity (Wildman–Crippen MR) is 89.7 cm³/mol. The molecule has 1 aliphatic rings. The van der Waals surface area contributed by atoms with Crippen LogP contribution in [-0.4, -0.2) is 18.5 Å². The number of quaternary nitrogens is 1. The number of nitrogens with two attached hydrogens (primary N) is 1. The second-order valence-corrected chi connectivity index (χ2v) is 7.02. The van der Waals surface area contributed by atoms with Crippen molar-refractivity contribution in [3.63, 3.8) is 0 Å². The van der Waals surface area contributed by atoms with Crippen LogP contribution in [0.15, 0.2) is 47.8 Å². The molecule has 0 bridgehead atoms. The number of rotatable bonds is 7. The maximum atomic E-state index is 12.2. The third kappa shape index (κ3) is 3.96. The molecule has 1 aromatic carbocycles. The molecule has 2 aromatic rings. The van der Waals surface area contributed by atoms with Crippen molar-refractivity contribution >= 4 is 17.2 Å². The van der Waals surface area contributed by atoms with Crippen molar-refractivity contribution in [1.29, 1.82) is 0 Å². The molecule has 22 heavy (non-hydrogen) atoms. The minimum Gasteiger partial charge on any atom is -0.348 e. The summed E-state index contributed by atoms with van der Waals surface area (Å²) in [6.07, 6.45) is 2.51. The SMILES string of the molecule is C[C@@H](NC(=O)C[NH2+][C@H](c1ccccc1)c1cccs1)C1CC1. The molecule has 3 N–H and O–H groups in total. The van der Waals surface area contributed by atoms with Gasteiger partial charge in [0.2, 0.25) is 0 Å². The third-order valence-corrected chi connectivity index (χ3v) is 5.22. The summed E-state index contributed by atoms with van der Waals surface area (Å²) in [7, 11) is 0. The highest BCUT2D eigenvalue weighted by molar-refractivity contribution is 7.10. The van der Waals surface area contributed by atoms with Gasteiger partial charge < -0.3 is 10.6 Å². The van der Waals surface area contributed by atoms with Gasteiger partial charge in [0, 0.05) is 11.6 Å². The van der Waals surface area contributed by atoms with Gasteiger partial charge in [-0.2, -0.15) is 0 Å². The number of thiophene rings is 1. The Morgan fingerprint density at radius 1 is 1.27 bits per heavy atom. The largest absolute Gasteiger partial charge is 0.348 e. The Labute approximate surface area is 135 Å². The standard InChI is InChI=1S/C18H22N2OS/c1-13(14-9-10-14)20-17(21)12-19-18(16-8-5-11-22-16)15-6-3-2-4-7-15/h2-8,11,13-14,18-19H,9-10,12H2,1H3,(H,20,21)/p+1/t13-,18-/m1/s1. The van der Waals surface area contributed by atoms with Crippen molar-refractivity contribution in [2.45, 2.75) is 31.8 Å². The van der Waals surface area contributed by atoms with E-state index in [2.05, 4.69) is 59.3 Å². The fourth-order valence-corrected chi connectivity index (χ4v) is 3.65. The van der Waals surface area contributed by atoms with Crippen LogP contribution >= 0.6 is 11.3 Å². The highest BCUT2D eigenvalue weighted by Gasteiger charge is 2.29. The molecule has 0 aliphatic heterocycles. The Morgan fingerprint density at radius 3 is 2.68 bits per heavy atom. The fraction of sp³-hybridized carbons (Fsp3) is 0.389. The van der Waals surface area contributed by atoms with Crippen LogP contribution < -0.4 is 10.6 Å². The first-order valence-electron chi connectivity index (χ1n) is 7.95. The number of hydrogen-bond donors (Lipinski definition) is 2. The molecule has 3 rings (SSSR count). The lowest BCUT2D eigenvalue weighted by molar-refractivity contribution is -0.676. The summed E-state index contributed by atoms with van der Waals surface area (Å²) < 4.78 is 0. The molecule has 1 amide bonds. The van der Waals surface area contributed by atoms with E-state index in [1.54, 1.807) is 11.3 Å². The molecule has 0 saturated heterocycles. The van der Waals surface area contributed by atoms with Crippen LogP contribution in [0.25, 0.3) is 0 Å². The first-order chi connectivity index (χ1) is 10.7. The van der Waals surface area contributed by atoms with Crippen LogP contribution in [0.2, 0.25) is 0 Å². The van der Waals surface area contributed by atoms with Gasteiger partial charge in [-0.3, -0.25) is 4.79 Å². The number of carbonyl (C=O) groups is 1. The molecular weight excluding hydrogens is 292 g/mol. The second kappa shape index (κ2) is 7.07. The van der Waals surface area contributed by atoms with E-state index in [1.165, 1.54) is 23.3 Å². The maximum Gasteiger partial charge on any atom is 0.275 e. The van der Waals surface area contributed by atoms with E-state index in [0.29, 0.717) is 18.5 Å². The monoisotopic (exact) mass is 315 g/mol. The Balaban J connectivity index is 1.62. The lowest BCUT2D eigenvalue weighted by Crippen LogP contribution is -2.87. The van der Waals surface area contributed by atoms with Gasteiger partial charge in [-0.1, -0.05) is 36.4 Å². The summed E-state index contributed by atoms with van der Waals surface area (Å²) in [5.74, 6) is 0.836. The number of hydrogen-bond acceptors (Lipinski definition) is 2. The second-order valence-electron chi connectivity index (χ2n) is 6.04. The lowest BCUT2D eigenvalue weighted by Gasteiger charge is -2.16. The molecule has 3 nitrogen and oxygen atoms in total. The molecule has 4 heteroatoms. The number of amides is 1. The zero-order valence-electron chi connectivity index (χ0n) is 12.9. The smallest absolute Gasteiger partial charge is 0.275 e. The molecule has 1 saturated carbocycles. The van der Waals surface area contributed by atoms with E-state index in [0.717, 1.165) is 0 Å². The van der Waals surface area contributed by atoms with Crippen molar-refractivity contribution in [1.82, 2.24) is 5.32 Å². The van der Waals surface area contributed by atoms with Crippen LogP contribution in [0.3, 0.4) is 0 Å². The van der Waals surface area contributed by atoms with Crippen LogP contribution in [0.5, 0.6) is 0 Å². The summed E-state index contributed by atoms with van der Waals surface area (Å²) >= 11 is 1.74. The van der Waals surface area contributed by atoms with Crippen molar-refractivity contribution in [2.24, 2.45) is 5.92 Å². The predicted octanol–water partition coefficient (Wildman–Crippen LogP) is 2.32. The normalized spacial score (nSPS) is 17.0. The molecular formula is C18H23N2OS+. The molecule has 0 radical (unpaired) electrons. The van der Waals surface area contributed by atoms with Crippen molar-refractivity contribution < 1.29 is 10.1 Å². The van der Waals surface area contributed by atoms with E-state index >= 15 is 0 Å². The van der Waals surface area contributed by atoms with Crippen molar-refractivity contribution in [3.8, 4) is 0 Å². The number of nitrogens with one attached hydrogen (secondary N) is 1. The van der Waals surface area contributed by atoms with Crippen molar-refractivity contribution in [2.75, 3.05) is 6.54 Å². The molecule has 0 spiro atoms. The Bertz CT molecular complexity index is 593. The van der Waals surface area contributed by atoms with Crippen LogP contribution in [0.4, 0.5) is 0 Å². The Kier molecular flexibility index (Phi) is 4.90. The molecule has 1 fully saturated rings. The van der Waals surface area contributed by atoms with Gasteiger partial charge in [0.15, 0.2) is 6.54 Å². The molecule has 0 unspecified atom stereocenters. The quantitative estimate of drug-likeness (QED) is 0.809. The van der Waals surface area contributed by atoms with Gasteiger partial charge in [-0.05, 0) is 37.1 Å². The van der Waals surface area contributed by atoms with Gasteiger partial charge in [-0.15, -0.1) is 11.3 Å². The van der Waals surface area contributed by atoms with Crippen molar-refractivity contribution in [3.05, 3.63) is 58.3 Å². The first-order valence-corrected chi connectivity index (χ1v) is 8.83.